The summed E-state index contributed by atoms with van der Waals surface area (Å²) in [6.45, 7) is 14.0. The van der Waals surface area contributed by atoms with Gasteiger partial charge >= 0.3 is 11.9 Å². The van der Waals surface area contributed by atoms with Crippen molar-refractivity contribution in [3.8, 4) is 0 Å². The van der Waals surface area contributed by atoms with Gasteiger partial charge in [-0.05, 0) is 97.5 Å². The van der Waals surface area contributed by atoms with Crippen LogP contribution in [0, 0.1) is 39.9 Å². The molecule has 0 radical (unpaired) electrons. The number of allylic oxidation sites excluding steroid dienone is 3. The first-order chi connectivity index (χ1) is 17.6. The normalized spacial score (nSPS) is 47.5. The molecule has 0 heterocycles. The van der Waals surface area contributed by atoms with Crippen molar-refractivity contribution in [2.45, 2.75) is 105 Å². The van der Waals surface area contributed by atoms with Crippen molar-refractivity contribution in [1.29, 1.82) is 0 Å². The van der Waals surface area contributed by atoms with Crippen molar-refractivity contribution in [1.82, 2.24) is 0 Å². The molecule has 38 heavy (non-hydrogen) atoms. The van der Waals surface area contributed by atoms with Crippen molar-refractivity contribution in [3.05, 3.63) is 34.9 Å². The quantitative estimate of drug-likeness (QED) is 0.242. The van der Waals surface area contributed by atoms with Gasteiger partial charge in [0.05, 0.1) is 23.8 Å². The third-order valence-corrected chi connectivity index (χ3v) is 11.5. The van der Waals surface area contributed by atoms with Gasteiger partial charge in [0.1, 0.15) is 6.10 Å². The number of aliphatic carboxylic acids is 1. The van der Waals surface area contributed by atoms with Gasteiger partial charge in [-0.1, -0.05) is 45.4 Å². The molecule has 7 nitrogen and oxygen atoms in total. The van der Waals surface area contributed by atoms with E-state index in [4.69, 9.17) is 10.5 Å². The van der Waals surface area contributed by atoms with Gasteiger partial charge in [-0.15, -0.1) is 0 Å². The van der Waals surface area contributed by atoms with Crippen molar-refractivity contribution in [2.75, 3.05) is 0 Å². The van der Waals surface area contributed by atoms with Crippen LogP contribution in [0.1, 0.15) is 80.6 Å². The molecule has 0 aliphatic heterocycles. The molecule has 0 aromatic rings. The Kier molecular flexibility index (Phi) is 7.56. The van der Waals surface area contributed by atoms with Crippen molar-refractivity contribution >= 4 is 11.9 Å². The van der Waals surface area contributed by atoms with Crippen LogP contribution in [0.3, 0.4) is 0 Å². The number of rotatable bonds is 4. The van der Waals surface area contributed by atoms with Gasteiger partial charge in [0.2, 0.25) is 0 Å². The number of esters is 1. The minimum absolute atomic E-state index is 0.0668. The fraction of sp³-hybridized carbons (Fsp3) is 0.742. The Bertz CT molecular complexity index is 1070. The molecule has 0 aromatic heterocycles. The van der Waals surface area contributed by atoms with E-state index in [1.165, 1.54) is 6.92 Å². The molecule has 4 saturated carbocycles. The smallest absolute Gasteiger partial charge is 0.335 e. The molecule has 5 N–H and O–H groups in total. The standard InChI is InChI=1S/C31H47NO6/c1-16(2)9-8-10-19(28(36)37)24-21-15-23(35)26-29(5)13-12-22(34)17(3)20(29)11-14-30(26,6)31(21,7)27(32)25(24)38-18(4)33/h8-10,17,20-23,25-27,34-35H,11-15,32H2,1-7H3,(H,36,37)/b10-8+,24-19-/t17-,20-,21-,22+,23+,25+,26-,27-,29-,30-,31+/m0/s1. The summed E-state index contributed by atoms with van der Waals surface area (Å²) in [6, 6.07) is -0.621. The van der Waals surface area contributed by atoms with Gasteiger partial charge in [-0.25, -0.2) is 4.79 Å². The molecule has 7 heteroatoms. The van der Waals surface area contributed by atoms with E-state index < -0.39 is 41.0 Å². The molecule has 0 saturated heterocycles. The first-order valence-corrected chi connectivity index (χ1v) is 14.2. The summed E-state index contributed by atoms with van der Waals surface area (Å²) in [5, 5.41) is 32.9. The molecular formula is C31H47NO6. The van der Waals surface area contributed by atoms with Gasteiger partial charge in [-0.3, -0.25) is 4.79 Å². The average Bonchev–Trinajstić information content (AvgIpc) is 3.01. The second-order valence-electron chi connectivity index (χ2n) is 13.5. The molecule has 0 unspecified atom stereocenters. The van der Waals surface area contributed by atoms with E-state index in [0.29, 0.717) is 18.4 Å². The molecule has 4 aliphatic carbocycles. The molecule has 0 spiro atoms. The maximum atomic E-state index is 12.6. The van der Waals surface area contributed by atoms with E-state index in [1.807, 2.05) is 19.9 Å². The summed E-state index contributed by atoms with van der Waals surface area (Å²) in [5.41, 5.74) is 7.48. The zero-order valence-electron chi connectivity index (χ0n) is 24.0. The van der Waals surface area contributed by atoms with Gasteiger partial charge < -0.3 is 25.8 Å². The molecular weight excluding hydrogens is 482 g/mol. The van der Waals surface area contributed by atoms with Gasteiger partial charge in [-0.2, -0.15) is 0 Å². The van der Waals surface area contributed by atoms with Crippen LogP contribution in [-0.4, -0.2) is 51.6 Å². The zero-order chi connectivity index (χ0) is 28.4. The maximum Gasteiger partial charge on any atom is 0.335 e. The van der Waals surface area contributed by atoms with Crippen LogP contribution >= 0.6 is 0 Å². The van der Waals surface area contributed by atoms with Crippen LogP contribution < -0.4 is 5.73 Å². The third-order valence-electron chi connectivity index (χ3n) is 11.5. The fourth-order valence-corrected chi connectivity index (χ4v) is 9.64. The molecule has 212 valence electrons. The molecule has 0 bridgehead atoms. The molecule has 11 atom stereocenters. The number of fused-ring (bicyclic) bond motifs is 5. The van der Waals surface area contributed by atoms with E-state index >= 15 is 0 Å². The van der Waals surface area contributed by atoms with Crippen LogP contribution in [-0.2, 0) is 14.3 Å². The summed E-state index contributed by atoms with van der Waals surface area (Å²) in [4.78, 5) is 24.9. The molecule has 0 aromatic carbocycles. The molecule has 4 rings (SSSR count). The minimum Gasteiger partial charge on any atom is -0.478 e. The Balaban J connectivity index is 1.91. The summed E-state index contributed by atoms with van der Waals surface area (Å²) >= 11 is 0. The van der Waals surface area contributed by atoms with Crippen LogP contribution in [0.2, 0.25) is 0 Å². The highest BCUT2D eigenvalue weighted by Gasteiger charge is 2.73. The summed E-state index contributed by atoms with van der Waals surface area (Å²) < 4.78 is 5.83. The van der Waals surface area contributed by atoms with E-state index in [-0.39, 0.29) is 40.8 Å². The lowest BCUT2D eigenvalue weighted by molar-refractivity contribution is -0.237. The topological polar surface area (TPSA) is 130 Å². The predicted molar refractivity (Wildman–Crippen MR) is 146 cm³/mol. The number of nitrogens with two attached hydrogens (primary N) is 1. The monoisotopic (exact) mass is 529 g/mol. The third kappa shape index (κ3) is 4.11. The Morgan fingerprint density at radius 2 is 1.71 bits per heavy atom. The van der Waals surface area contributed by atoms with Crippen LogP contribution in [0.4, 0.5) is 0 Å². The summed E-state index contributed by atoms with van der Waals surface area (Å²) in [7, 11) is 0. The average molecular weight is 530 g/mol. The van der Waals surface area contributed by atoms with Crippen molar-refractivity contribution in [3.63, 3.8) is 0 Å². The van der Waals surface area contributed by atoms with Crippen LogP contribution in [0.15, 0.2) is 34.9 Å². The van der Waals surface area contributed by atoms with Crippen LogP contribution in [0.5, 0.6) is 0 Å². The molecule has 4 aliphatic rings. The Labute approximate surface area is 227 Å². The number of aliphatic hydroxyl groups excluding tert-OH is 2. The molecule has 0 amide bonds. The van der Waals surface area contributed by atoms with Gasteiger partial charge in [0, 0.05) is 6.92 Å². The zero-order valence-corrected chi connectivity index (χ0v) is 24.0. The highest BCUT2D eigenvalue weighted by molar-refractivity contribution is 5.91. The SMILES string of the molecule is CC(=O)O[C@@H]1/C(=C(/C=C/C=C(C)C)C(=O)O)[C@@H]2C[C@@H](O)[C@H]3[C@@]4(C)CC[C@@H](O)[C@@H](C)[C@@H]4CC[C@]3(C)[C@@]2(C)[C@H]1N. The molecule has 4 fully saturated rings. The predicted octanol–water partition coefficient (Wildman–Crippen LogP) is 4.38. The first kappa shape index (κ1) is 29.0. The second kappa shape index (κ2) is 9.90. The number of ether oxygens (including phenoxy) is 1. The highest BCUT2D eigenvalue weighted by Crippen LogP contribution is 2.74. The Morgan fingerprint density at radius 1 is 1.05 bits per heavy atom. The first-order valence-electron chi connectivity index (χ1n) is 14.2. The van der Waals surface area contributed by atoms with Crippen molar-refractivity contribution in [2.24, 2.45) is 45.7 Å². The van der Waals surface area contributed by atoms with Gasteiger partial charge in [0.15, 0.2) is 0 Å². The summed E-state index contributed by atoms with van der Waals surface area (Å²) in [6.07, 6.45) is 6.87. The largest absolute Gasteiger partial charge is 0.478 e. The lowest BCUT2D eigenvalue weighted by Crippen LogP contribution is -2.68. The Hall–Kier alpha value is -1.96. The number of hydrogen-bond donors (Lipinski definition) is 4. The van der Waals surface area contributed by atoms with Gasteiger partial charge in [0.25, 0.3) is 0 Å². The highest BCUT2D eigenvalue weighted by atomic mass is 16.5. The lowest BCUT2D eigenvalue weighted by atomic mass is 9.36. The summed E-state index contributed by atoms with van der Waals surface area (Å²) in [5.74, 6) is -1.58. The van der Waals surface area contributed by atoms with Crippen molar-refractivity contribution < 1.29 is 29.6 Å². The number of carboxylic acids is 1. The van der Waals surface area contributed by atoms with E-state index in [0.717, 1.165) is 24.8 Å². The number of carbonyl (C=O) groups excluding carboxylic acids is 1. The maximum absolute atomic E-state index is 12.6. The lowest BCUT2D eigenvalue weighted by Gasteiger charge is -2.69. The number of carbonyl (C=O) groups is 2. The number of aliphatic hydroxyl groups is 2. The van der Waals surface area contributed by atoms with E-state index in [1.54, 1.807) is 12.2 Å². The second-order valence-corrected chi connectivity index (χ2v) is 13.5. The Morgan fingerprint density at radius 3 is 2.29 bits per heavy atom. The number of carboxylic acid groups (broad SMARTS) is 1. The number of hydrogen-bond acceptors (Lipinski definition) is 6. The minimum atomic E-state index is -1.10. The van der Waals surface area contributed by atoms with Crippen LogP contribution in [0.25, 0.3) is 0 Å². The van der Waals surface area contributed by atoms with E-state index in [2.05, 4.69) is 27.7 Å². The fourth-order valence-electron chi connectivity index (χ4n) is 9.64. The van der Waals surface area contributed by atoms with E-state index in [9.17, 15) is 24.9 Å².